The summed E-state index contributed by atoms with van der Waals surface area (Å²) in [6, 6.07) is 4.11. The lowest BCUT2D eigenvalue weighted by atomic mass is 9.96. The number of ether oxygens (including phenoxy) is 2. The summed E-state index contributed by atoms with van der Waals surface area (Å²) < 4.78 is 40.4. The molecule has 3 rings (SSSR count). The molecule has 0 bridgehead atoms. The molecule has 118 valence electrons. The first-order valence-corrected chi connectivity index (χ1v) is 7.03. The molecule has 1 heterocycles. The minimum atomic E-state index is -2.91. The summed E-state index contributed by atoms with van der Waals surface area (Å²) in [6.45, 7) is -2.91. The number of hydrogen-bond acceptors (Lipinski definition) is 5. The van der Waals surface area contributed by atoms with E-state index in [1.165, 1.54) is 18.7 Å². The molecule has 1 unspecified atom stereocenters. The van der Waals surface area contributed by atoms with E-state index in [1.807, 2.05) is 0 Å². The van der Waals surface area contributed by atoms with Gasteiger partial charge in [-0.05, 0) is 37.0 Å². The largest absolute Gasteiger partial charge is 0.487 e. The number of oxazole rings is 1. The molecule has 0 aliphatic heterocycles. The molecule has 1 aromatic carbocycles. The fourth-order valence-corrected chi connectivity index (χ4v) is 2.22. The Morgan fingerprint density at radius 1 is 1.27 bits per heavy atom. The van der Waals surface area contributed by atoms with E-state index in [-0.39, 0.29) is 17.6 Å². The zero-order valence-electron chi connectivity index (χ0n) is 11.7. The molecule has 7 heteroatoms. The highest BCUT2D eigenvalue weighted by molar-refractivity contribution is 5.45. The van der Waals surface area contributed by atoms with Crippen LogP contribution in [0.2, 0.25) is 0 Å². The molecule has 0 amide bonds. The SMILES string of the molecule is NC(c1ccc(OC(F)F)c(OC2CCC2)c1)c1cnco1. The molecule has 2 aromatic rings. The Bertz CT molecular complexity index is 615. The van der Waals surface area contributed by atoms with Crippen molar-refractivity contribution in [3.05, 3.63) is 42.1 Å². The molecule has 22 heavy (non-hydrogen) atoms. The van der Waals surface area contributed by atoms with E-state index in [1.54, 1.807) is 12.1 Å². The molecule has 1 saturated carbocycles. The van der Waals surface area contributed by atoms with E-state index in [0.717, 1.165) is 19.3 Å². The van der Waals surface area contributed by atoms with Crippen molar-refractivity contribution < 1.29 is 22.7 Å². The maximum Gasteiger partial charge on any atom is 0.387 e. The minimum Gasteiger partial charge on any atom is -0.487 e. The number of alkyl halides is 2. The number of nitrogens with zero attached hydrogens (tertiary/aromatic N) is 1. The van der Waals surface area contributed by atoms with Crippen LogP contribution in [0.25, 0.3) is 0 Å². The van der Waals surface area contributed by atoms with Crippen LogP contribution >= 0.6 is 0 Å². The fourth-order valence-electron chi connectivity index (χ4n) is 2.22. The summed E-state index contributed by atoms with van der Waals surface area (Å²) in [4.78, 5) is 3.82. The van der Waals surface area contributed by atoms with Gasteiger partial charge in [-0.2, -0.15) is 8.78 Å². The van der Waals surface area contributed by atoms with Crippen molar-refractivity contribution in [3.63, 3.8) is 0 Å². The third-order valence-corrected chi connectivity index (χ3v) is 3.65. The van der Waals surface area contributed by atoms with Crippen molar-refractivity contribution >= 4 is 0 Å². The molecule has 1 aliphatic carbocycles. The third-order valence-electron chi connectivity index (χ3n) is 3.65. The zero-order valence-corrected chi connectivity index (χ0v) is 11.7. The van der Waals surface area contributed by atoms with Crippen molar-refractivity contribution in [2.45, 2.75) is 38.0 Å². The Labute approximate surface area is 126 Å². The summed E-state index contributed by atoms with van der Waals surface area (Å²) in [5.41, 5.74) is 6.75. The lowest BCUT2D eigenvalue weighted by Crippen LogP contribution is -2.25. The topological polar surface area (TPSA) is 70.5 Å². The van der Waals surface area contributed by atoms with Crippen LogP contribution in [0.1, 0.15) is 36.6 Å². The van der Waals surface area contributed by atoms with Crippen LogP contribution in [0.3, 0.4) is 0 Å². The second-order valence-electron chi connectivity index (χ2n) is 5.14. The third kappa shape index (κ3) is 3.19. The normalized spacial score (nSPS) is 16.4. The summed E-state index contributed by atoms with van der Waals surface area (Å²) in [5.74, 6) is 0.769. The Morgan fingerprint density at radius 3 is 2.68 bits per heavy atom. The first kappa shape index (κ1) is 14.8. The number of aromatic nitrogens is 1. The summed E-state index contributed by atoms with van der Waals surface area (Å²) >= 11 is 0. The molecule has 1 fully saturated rings. The van der Waals surface area contributed by atoms with Gasteiger partial charge in [-0.15, -0.1) is 0 Å². The molecular formula is C15H16F2N2O3. The zero-order chi connectivity index (χ0) is 15.5. The van der Waals surface area contributed by atoms with Crippen molar-refractivity contribution in [2.75, 3.05) is 0 Å². The van der Waals surface area contributed by atoms with Gasteiger partial charge in [0.15, 0.2) is 17.9 Å². The molecule has 2 N–H and O–H groups in total. The van der Waals surface area contributed by atoms with E-state index in [9.17, 15) is 8.78 Å². The van der Waals surface area contributed by atoms with Crippen LogP contribution in [-0.2, 0) is 0 Å². The molecule has 5 nitrogen and oxygen atoms in total. The number of hydrogen-bond donors (Lipinski definition) is 1. The Balaban J connectivity index is 1.86. The molecule has 1 atom stereocenters. The van der Waals surface area contributed by atoms with Gasteiger partial charge in [0, 0.05) is 0 Å². The summed E-state index contributed by atoms with van der Waals surface area (Å²) in [6.07, 6.45) is 5.74. The molecule has 1 aromatic heterocycles. The van der Waals surface area contributed by atoms with E-state index in [4.69, 9.17) is 14.9 Å². The second kappa shape index (κ2) is 6.31. The Kier molecular flexibility index (Phi) is 4.24. The first-order valence-electron chi connectivity index (χ1n) is 7.03. The highest BCUT2D eigenvalue weighted by atomic mass is 19.3. The van der Waals surface area contributed by atoms with Gasteiger partial charge in [-0.1, -0.05) is 6.07 Å². The van der Waals surface area contributed by atoms with Crippen LogP contribution in [0.5, 0.6) is 11.5 Å². The maximum absolute atomic E-state index is 12.5. The predicted octanol–water partition coefficient (Wildman–Crippen LogP) is 3.26. The highest BCUT2D eigenvalue weighted by Crippen LogP contribution is 2.36. The van der Waals surface area contributed by atoms with Crippen LogP contribution in [0.15, 0.2) is 35.2 Å². The van der Waals surface area contributed by atoms with Crippen LogP contribution in [-0.4, -0.2) is 17.7 Å². The predicted molar refractivity (Wildman–Crippen MR) is 73.9 cm³/mol. The monoisotopic (exact) mass is 310 g/mol. The summed E-state index contributed by atoms with van der Waals surface area (Å²) in [5, 5.41) is 0. The maximum atomic E-state index is 12.5. The van der Waals surface area contributed by atoms with E-state index >= 15 is 0 Å². The van der Waals surface area contributed by atoms with Gasteiger partial charge >= 0.3 is 6.61 Å². The van der Waals surface area contributed by atoms with Crippen molar-refractivity contribution in [2.24, 2.45) is 5.73 Å². The molecule has 1 aliphatic rings. The van der Waals surface area contributed by atoms with Crippen molar-refractivity contribution in [3.8, 4) is 11.5 Å². The van der Waals surface area contributed by atoms with Gasteiger partial charge in [-0.3, -0.25) is 0 Å². The van der Waals surface area contributed by atoms with Crippen molar-refractivity contribution in [1.29, 1.82) is 0 Å². The number of rotatable bonds is 6. The van der Waals surface area contributed by atoms with Gasteiger partial charge in [0.2, 0.25) is 0 Å². The average molecular weight is 310 g/mol. The van der Waals surface area contributed by atoms with Gasteiger partial charge in [0.25, 0.3) is 0 Å². The Morgan fingerprint density at radius 2 is 2.09 bits per heavy atom. The Hall–Kier alpha value is -2.15. The van der Waals surface area contributed by atoms with E-state index < -0.39 is 12.7 Å². The van der Waals surface area contributed by atoms with Crippen molar-refractivity contribution in [1.82, 2.24) is 4.98 Å². The second-order valence-corrected chi connectivity index (χ2v) is 5.14. The van der Waals surface area contributed by atoms with Crippen LogP contribution in [0, 0.1) is 0 Å². The smallest absolute Gasteiger partial charge is 0.387 e. The number of benzene rings is 1. The van der Waals surface area contributed by atoms with Gasteiger partial charge < -0.3 is 19.6 Å². The first-order chi connectivity index (χ1) is 10.6. The lowest BCUT2D eigenvalue weighted by Gasteiger charge is -2.27. The highest BCUT2D eigenvalue weighted by Gasteiger charge is 2.23. The average Bonchev–Trinajstić information content (AvgIpc) is 2.97. The van der Waals surface area contributed by atoms with Crippen LogP contribution < -0.4 is 15.2 Å². The molecular weight excluding hydrogens is 294 g/mol. The minimum absolute atomic E-state index is 0.00965. The van der Waals surface area contributed by atoms with Gasteiger partial charge in [0.05, 0.1) is 18.3 Å². The standard InChI is InChI=1S/C15H16F2N2O3/c16-15(17)22-11-5-4-9(14(18)13-7-19-8-20-13)6-12(11)21-10-2-1-3-10/h4-8,10,14-15H,1-3,18H2. The van der Waals surface area contributed by atoms with Gasteiger partial charge in [-0.25, -0.2) is 4.98 Å². The molecule has 0 spiro atoms. The molecule has 0 radical (unpaired) electrons. The van der Waals surface area contributed by atoms with Crippen LogP contribution in [0.4, 0.5) is 8.78 Å². The molecule has 0 saturated heterocycles. The number of nitrogens with two attached hydrogens (primary N) is 1. The summed E-state index contributed by atoms with van der Waals surface area (Å²) in [7, 11) is 0. The fraction of sp³-hybridized carbons (Fsp3) is 0.400. The lowest BCUT2D eigenvalue weighted by molar-refractivity contribution is -0.0527. The van der Waals surface area contributed by atoms with E-state index in [0.29, 0.717) is 11.3 Å². The van der Waals surface area contributed by atoms with Gasteiger partial charge in [0.1, 0.15) is 5.76 Å². The quantitative estimate of drug-likeness (QED) is 0.887. The van der Waals surface area contributed by atoms with E-state index in [2.05, 4.69) is 9.72 Å². The number of halogens is 2.